The van der Waals surface area contributed by atoms with Crippen molar-refractivity contribution in [3.8, 4) is 0 Å². The maximum absolute atomic E-state index is 3.53. The molecule has 18 heavy (non-hydrogen) atoms. The number of benzene rings is 1. The van der Waals surface area contributed by atoms with Crippen LogP contribution in [-0.4, -0.2) is 30.6 Å². The lowest BCUT2D eigenvalue weighted by molar-refractivity contribution is 0.313. The molecule has 0 aliphatic carbocycles. The summed E-state index contributed by atoms with van der Waals surface area (Å²) in [5.41, 5.74) is 1.64. The van der Waals surface area contributed by atoms with Crippen molar-refractivity contribution in [1.29, 1.82) is 0 Å². The SMILES string of the molecule is CN(CCCCNC(C)(C)C)Cc1ccccc1. The van der Waals surface area contributed by atoms with E-state index in [1.54, 1.807) is 0 Å². The van der Waals surface area contributed by atoms with Gasteiger partial charge in [-0.25, -0.2) is 0 Å². The first-order chi connectivity index (χ1) is 8.47. The van der Waals surface area contributed by atoms with Crippen LogP contribution < -0.4 is 5.32 Å². The molecule has 0 atom stereocenters. The minimum Gasteiger partial charge on any atom is -0.312 e. The first kappa shape index (κ1) is 15.2. The molecule has 0 heterocycles. The van der Waals surface area contributed by atoms with Gasteiger partial charge in [0.1, 0.15) is 0 Å². The quantitative estimate of drug-likeness (QED) is 0.745. The number of hydrogen-bond acceptors (Lipinski definition) is 2. The first-order valence-corrected chi connectivity index (χ1v) is 6.95. The summed E-state index contributed by atoms with van der Waals surface area (Å²) in [6.45, 7) is 9.98. The summed E-state index contributed by atoms with van der Waals surface area (Å²) >= 11 is 0. The molecule has 102 valence electrons. The highest BCUT2D eigenvalue weighted by Crippen LogP contribution is 2.04. The predicted octanol–water partition coefficient (Wildman–Crippen LogP) is 3.29. The Kier molecular flexibility index (Phi) is 6.37. The number of nitrogens with one attached hydrogen (secondary N) is 1. The molecule has 1 rings (SSSR count). The van der Waals surface area contributed by atoms with Crippen molar-refractivity contribution in [3.63, 3.8) is 0 Å². The number of rotatable bonds is 7. The van der Waals surface area contributed by atoms with Crippen LogP contribution in [0.15, 0.2) is 30.3 Å². The van der Waals surface area contributed by atoms with Crippen molar-refractivity contribution in [2.24, 2.45) is 0 Å². The van der Waals surface area contributed by atoms with E-state index >= 15 is 0 Å². The van der Waals surface area contributed by atoms with E-state index < -0.39 is 0 Å². The van der Waals surface area contributed by atoms with E-state index in [1.807, 2.05) is 0 Å². The number of unbranched alkanes of at least 4 members (excludes halogenated alkanes) is 1. The minimum atomic E-state index is 0.246. The van der Waals surface area contributed by atoms with Crippen LogP contribution in [0.25, 0.3) is 0 Å². The highest BCUT2D eigenvalue weighted by atomic mass is 15.1. The van der Waals surface area contributed by atoms with Gasteiger partial charge < -0.3 is 10.2 Å². The first-order valence-electron chi connectivity index (χ1n) is 6.95. The summed E-state index contributed by atoms with van der Waals surface area (Å²) in [4.78, 5) is 2.40. The third kappa shape index (κ3) is 7.46. The second-order valence-electron chi connectivity index (χ2n) is 6.11. The normalized spacial score (nSPS) is 12.1. The minimum absolute atomic E-state index is 0.246. The summed E-state index contributed by atoms with van der Waals surface area (Å²) < 4.78 is 0. The Balaban J connectivity index is 2.09. The zero-order valence-corrected chi connectivity index (χ0v) is 12.4. The van der Waals surface area contributed by atoms with Gasteiger partial charge >= 0.3 is 0 Å². The molecule has 0 aliphatic rings. The van der Waals surface area contributed by atoms with Gasteiger partial charge in [-0.15, -0.1) is 0 Å². The Morgan fingerprint density at radius 1 is 1.06 bits per heavy atom. The molecule has 0 saturated heterocycles. The molecule has 1 N–H and O–H groups in total. The second kappa shape index (κ2) is 7.55. The molecule has 0 saturated carbocycles. The fraction of sp³-hybridized carbons (Fsp3) is 0.625. The topological polar surface area (TPSA) is 15.3 Å². The Morgan fingerprint density at radius 3 is 2.33 bits per heavy atom. The Bertz CT molecular complexity index is 314. The maximum atomic E-state index is 3.53. The fourth-order valence-electron chi connectivity index (χ4n) is 1.94. The van der Waals surface area contributed by atoms with Gasteiger partial charge in [0.2, 0.25) is 0 Å². The molecule has 0 unspecified atom stereocenters. The van der Waals surface area contributed by atoms with Crippen molar-refractivity contribution < 1.29 is 0 Å². The Labute approximate surface area is 112 Å². The third-order valence-corrected chi connectivity index (χ3v) is 2.92. The average Bonchev–Trinajstić information content (AvgIpc) is 2.28. The van der Waals surface area contributed by atoms with Crippen molar-refractivity contribution in [2.75, 3.05) is 20.1 Å². The van der Waals surface area contributed by atoms with E-state index in [-0.39, 0.29) is 5.54 Å². The smallest absolute Gasteiger partial charge is 0.0230 e. The van der Waals surface area contributed by atoms with Crippen LogP contribution in [0.2, 0.25) is 0 Å². The lowest BCUT2D eigenvalue weighted by Gasteiger charge is -2.21. The summed E-state index contributed by atoms with van der Waals surface area (Å²) in [5.74, 6) is 0. The zero-order chi connectivity index (χ0) is 13.4. The summed E-state index contributed by atoms with van der Waals surface area (Å²) in [5, 5.41) is 3.53. The van der Waals surface area contributed by atoms with Crippen LogP contribution in [-0.2, 0) is 6.54 Å². The molecule has 2 nitrogen and oxygen atoms in total. The van der Waals surface area contributed by atoms with Crippen LogP contribution in [0, 0.1) is 0 Å². The van der Waals surface area contributed by atoms with Crippen LogP contribution in [0.1, 0.15) is 39.2 Å². The average molecular weight is 248 g/mol. The van der Waals surface area contributed by atoms with E-state index in [9.17, 15) is 0 Å². The van der Waals surface area contributed by atoms with Gasteiger partial charge in [-0.3, -0.25) is 0 Å². The van der Waals surface area contributed by atoms with E-state index in [4.69, 9.17) is 0 Å². The molecule has 0 aromatic heterocycles. The second-order valence-corrected chi connectivity index (χ2v) is 6.11. The Morgan fingerprint density at radius 2 is 1.72 bits per heavy atom. The summed E-state index contributed by atoms with van der Waals surface area (Å²) in [6.07, 6.45) is 2.50. The van der Waals surface area contributed by atoms with Crippen LogP contribution in [0.3, 0.4) is 0 Å². The molecule has 0 radical (unpaired) electrons. The van der Waals surface area contributed by atoms with Crippen LogP contribution >= 0.6 is 0 Å². The predicted molar refractivity (Wildman–Crippen MR) is 79.8 cm³/mol. The van der Waals surface area contributed by atoms with Gasteiger partial charge in [-0.2, -0.15) is 0 Å². The van der Waals surface area contributed by atoms with Gasteiger partial charge in [-0.1, -0.05) is 30.3 Å². The molecular formula is C16H28N2. The Hall–Kier alpha value is -0.860. The van der Waals surface area contributed by atoms with Crippen LogP contribution in [0.5, 0.6) is 0 Å². The molecule has 2 heteroatoms. The van der Waals surface area contributed by atoms with Gasteiger partial charge in [0, 0.05) is 12.1 Å². The molecule has 0 fully saturated rings. The van der Waals surface area contributed by atoms with Gasteiger partial charge in [-0.05, 0) is 59.3 Å². The maximum Gasteiger partial charge on any atom is 0.0230 e. The molecule has 0 aliphatic heterocycles. The van der Waals surface area contributed by atoms with Crippen molar-refractivity contribution in [3.05, 3.63) is 35.9 Å². The fourth-order valence-corrected chi connectivity index (χ4v) is 1.94. The largest absolute Gasteiger partial charge is 0.312 e. The third-order valence-electron chi connectivity index (χ3n) is 2.92. The van der Waals surface area contributed by atoms with Crippen molar-refractivity contribution >= 4 is 0 Å². The lowest BCUT2D eigenvalue weighted by Crippen LogP contribution is -2.36. The monoisotopic (exact) mass is 248 g/mol. The molecule has 1 aromatic rings. The standard InChI is InChI=1S/C16H28N2/c1-16(2,3)17-12-8-9-13-18(4)14-15-10-6-5-7-11-15/h5-7,10-11,17H,8-9,12-14H2,1-4H3. The lowest BCUT2D eigenvalue weighted by atomic mass is 10.1. The molecular weight excluding hydrogens is 220 g/mol. The molecule has 1 aromatic carbocycles. The van der Waals surface area contributed by atoms with Gasteiger partial charge in [0.15, 0.2) is 0 Å². The van der Waals surface area contributed by atoms with Gasteiger partial charge in [0.05, 0.1) is 0 Å². The highest BCUT2D eigenvalue weighted by molar-refractivity contribution is 5.14. The van der Waals surface area contributed by atoms with E-state index in [0.717, 1.165) is 13.1 Å². The van der Waals surface area contributed by atoms with Crippen LogP contribution in [0.4, 0.5) is 0 Å². The van der Waals surface area contributed by atoms with Crippen molar-refractivity contribution in [1.82, 2.24) is 10.2 Å². The van der Waals surface area contributed by atoms with E-state index in [0.29, 0.717) is 0 Å². The zero-order valence-electron chi connectivity index (χ0n) is 12.4. The number of nitrogens with zero attached hydrogens (tertiary/aromatic N) is 1. The van der Waals surface area contributed by atoms with E-state index in [1.165, 1.54) is 24.9 Å². The molecule has 0 amide bonds. The summed E-state index contributed by atoms with van der Waals surface area (Å²) in [7, 11) is 2.20. The van der Waals surface area contributed by atoms with Crippen molar-refractivity contribution in [2.45, 2.75) is 45.7 Å². The summed E-state index contributed by atoms with van der Waals surface area (Å²) in [6, 6.07) is 10.7. The number of hydrogen-bond donors (Lipinski definition) is 1. The highest BCUT2D eigenvalue weighted by Gasteiger charge is 2.07. The van der Waals surface area contributed by atoms with E-state index in [2.05, 4.69) is 68.4 Å². The molecule has 0 bridgehead atoms. The van der Waals surface area contributed by atoms with Gasteiger partial charge in [0.25, 0.3) is 0 Å². The molecule has 0 spiro atoms.